The maximum absolute atomic E-state index is 6.09. The van der Waals surface area contributed by atoms with E-state index >= 15 is 0 Å². The third-order valence-corrected chi connectivity index (χ3v) is 3.03. The number of nitrogens with zero attached hydrogens (tertiary/aromatic N) is 2. The van der Waals surface area contributed by atoms with E-state index in [1.807, 2.05) is 25.3 Å². The molecule has 2 aromatic rings. The van der Waals surface area contributed by atoms with Crippen LogP contribution in [0, 0.1) is 6.92 Å². The van der Waals surface area contributed by atoms with Crippen molar-refractivity contribution in [2.45, 2.75) is 12.1 Å². The molecule has 0 saturated carbocycles. The van der Waals surface area contributed by atoms with Crippen molar-refractivity contribution in [2.24, 2.45) is 0 Å². The van der Waals surface area contributed by atoms with Gasteiger partial charge >= 0.3 is 0 Å². The van der Waals surface area contributed by atoms with Gasteiger partial charge in [0.15, 0.2) is 5.16 Å². The highest BCUT2D eigenvalue weighted by atomic mass is 35.5. The molecular weight excluding hydrogens is 270 g/mol. The van der Waals surface area contributed by atoms with Crippen LogP contribution < -0.4 is 10.5 Å². The summed E-state index contributed by atoms with van der Waals surface area (Å²) in [6.07, 6.45) is 1.87. The summed E-state index contributed by atoms with van der Waals surface area (Å²) in [6.45, 7) is 1.96. The minimum absolute atomic E-state index is 0.368. The monoisotopic (exact) mass is 281 g/mol. The van der Waals surface area contributed by atoms with Crippen LogP contribution in [-0.2, 0) is 0 Å². The molecule has 2 N–H and O–H groups in total. The number of aryl methyl sites for hydroxylation is 1. The lowest BCUT2D eigenvalue weighted by atomic mass is 10.2. The van der Waals surface area contributed by atoms with Crippen molar-refractivity contribution in [1.82, 2.24) is 9.97 Å². The van der Waals surface area contributed by atoms with E-state index in [1.54, 1.807) is 12.1 Å². The second-order valence-corrected chi connectivity index (χ2v) is 4.83. The third-order valence-electron chi connectivity index (χ3n) is 2.19. The van der Waals surface area contributed by atoms with E-state index in [0.717, 1.165) is 5.56 Å². The lowest BCUT2D eigenvalue weighted by molar-refractivity contribution is 0.456. The van der Waals surface area contributed by atoms with Crippen molar-refractivity contribution in [3.05, 3.63) is 34.9 Å². The van der Waals surface area contributed by atoms with Gasteiger partial charge in [-0.2, -0.15) is 4.98 Å². The Kier molecular flexibility index (Phi) is 3.93. The molecule has 4 nitrogen and oxygen atoms in total. The molecule has 1 heterocycles. The minimum atomic E-state index is 0.368. The number of benzene rings is 1. The fourth-order valence-electron chi connectivity index (χ4n) is 1.37. The number of halogens is 1. The van der Waals surface area contributed by atoms with E-state index < -0.39 is 0 Å². The van der Waals surface area contributed by atoms with Gasteiger partial charge in [0.1, 0.15) is 11.6 Å². The standard InChI is InChI=1S/C12H12ClN3OS/c1-7-3-4-9(8(13)5-7)17-11-6-10(14)15-12(16-11)18-2/h3-6H,1-2H3,(H2,14,15,16). The predicted molar refractivity (Wildman–Crippen MR) is 74.5 cm³/mol. The topological polar surface area (TPSA) is 61.0 Å². The average Bonchev–Trinajstić information content (AvgIpc) is 2.32. The number of nitrogen functional groups attached to an aromatic ring is 1. The Hall–Kier alpha value is -1.46. The van der Waals surface area contributed by atoms with E-state index in [9.17, 15) is 0 Å². The Morgan fingerprint density at radius 1 is 1.28 bits per heavy atom. The highest BCUT2D eigenvalue weighted by molar-refractivity contribution is 7.98. The smallest absolute Gasteiger partial charge is 0.225 e. The molecule has 0 atom stereocenters. The maximum atomic E-state index is 6.09. The van der Waals surface area contributed by atoms with Crippen molar-refractivity contribution < 1.29 is 4.74 Å². The van der Waals surface area contributed by atoms with Crippen LogP contribution in [0.1, 0.15) is 5.56 Å². The highest BCUT2D eigenvalue weighted by Crippen LogP contribution is 2.30. The Morgan fingerprint density at radius 2 is 2.06 bits per heavy atom. The minimum Gasteiger partial charge on any atom is -0.437 e. The molecule has 0 fully saturated rings. The molecule has 0 saturated heterocycles. The van der Waals surface area contributed by atoms with Crippen molar-refractivity contribution >= 4 is 29.2 Å². The van der Waals surface area contributed by atoms with Crippen LogP contribution in [0.2, 0.25) is 5.02 Å². The maximum Gasteiger partial charge on any atom is 0.225 e. The van der Waals surface area contributed by atoms with E-state index in [0.29, 0.717) is 27.6 Å². The first-order chi connectivity index (χ1) is 8.58. The Morgan fingerprint density at radius 3 is 2.72 bits per heavy atom. The SMILES string of the molecule is CSc1nc(N)cc(Oc2ccc(C)cc2Cl)n1. The van der Waals surface area contributed by atoms with Gasteiger partial charge in [0, 0.05) is 6.07 Å². The van der Waals surface area contributed by atoms with Gasteiger partial charge in [0.2, 0.25) is 5.88 Å². The summed E-state index contributed by atoms with van der Waals surface area (Å²) in [5.74, 6) is 1.30. The summed E-state index contributed by atoms with van der Waals surface area (Å²) < 4.78 is 5.61. The predicted octanol–water partition coefficient (Wildman–Crippen LogP) is 3.53. The van der Waals surface area contributed by atoms with Gasteiger partial charge in [-0.25, -0.2) is 4.98 Å². The van der Waals surface area contributed by atoms with Crippen LogP contribution in [0.5, 0.6) is 11.6 Å². The van der Waals surface area contributed by atoms with Crippen molar-refractivity contribution in [1.29, 1.82) is 0 Å². The van der Waals surface area contributed by atoms with Gasteiger partial charge in [-0.15, -0.1) is 0 Å². The molecule has 0 spiro atoms. The Bertz CT molecular complexity index is 577. The Balaban J connectivity index is 2.30. The second kappa shape index (κ2) is 5.46. The molecule has 0 aliphatic heterocycles. The van der Waals surface area contributed by atoms with Crippen LogP contribution in [0.3, 0.4) is 0 Å². The number of nitrogens with two attached hydrogens (primary N) is 1. The van der Waals surface area contributed by atoms with E-state index in [-0.39, 0.29) is 0 Å². The molecule has 1 aromatic heterocycles. The quantitative estimate of drug-likeness (QED) is 0.689. The zero-order valence-corrected chi connectivity index (χ0v) is 11.5. The fourth-order valence-corrected chi connectivity index (χ4v) is 2.02. The number of anilines is 1. The van der Waals surface area contributed by atoms with Gasteiger partial charge < -0.3 is 10.5 Å². The van der Waals surface area contributed by atoms with Crippen LogP contribution in [-0.4, -0.2) is 16.2 Å². The summed E-state index contributed by atoms with van der Waals surface area (Å²) in [7, 11) is 0. The van der Waals surface area contributed by atoms with Gasteiger partial charge in [-0.3, -0.25) is 0 Å². The number of aromatic nitrogens is 2. The van der Waals surface area contributed by atoms with Crippen LogP contribution in [0.4, 0.5) is 5.82 Å². The van der Waals surface area contributed by atoms with E-state index in [2.05, 4.69) is 9.97 Å². The number of hydrogen-bond acceptors (Lipinski definition) is 5. The number of rotatable bonds is 3. The van der Waals surface area contributed by atoms with Gasteiger partial charge in [-0.05, 0) is 30.9 Å². The molecule has 94 valence electrons. The van der Waals surface area contributed by atoms with Crippen LogP contribution in [0.25, 0.3) is 0 Å². The largest absolute Gasteiger partial charge is 0.437 e. The molecule has 18 heavy (non-hydrogen) atoms. The summed E-state index contributed by atoms with van der Waals surface area (Å²) in [5.41, 5.74) is 6.74. The first-order valence-electron chi connectivity index (χ1n) is 5.21. The number of thioether (sulfide) groups is 1. The second-order valence-electron chi connectivity index (χ2n) is 3.65. The van der Waals surface area contributed by atoms with Crippen molar-refractivity contribution in [3.63, 3.8) is 0 Å². The van der Waals surface area contributed by atoms with E-state index in [4.69, 9.17) is 22.1 Å². The first kappa shape index (κ1) is 13.0. The lowest BCUT2D eigenvalue weighted by Gasteiger charge is -2.08. The summed E-state index contributed by atoms with van der Waals surface area (Å²) in [4.78, 5) is 8.25. The molecule has 0 aliphatic rings. The molecule has 0 aliphatic carbocycles. The first-order valence-corrected chi connectivity index (χ1v) is 6.81. The molecule has 2 rings (SSSR count). The fraction of sp³-hybridized carbons (Fsp3) is 0.167. The van der Waals surface area contributed by atoms with E-state index in [1.165, 1.54) is 11.8 Å². The lowest BCUT2D eigenvalue weighted by Crippen LogP contribution is -1.97. The molecule has 0 unspecified atom stereocenters. The summed E-state index contributed by atoms with van der Waals surface area (Å²) in [5, 5.41) is 1.10. The Labute approximate surface area is 115 Å². The molecule has 0 amide bonds. The number of hydrogen-bond donors (Lipinski definition) is 1. The zero-order chi connectivity index (χ0) is 13.1. The van der Waals surface area contributed by atoms with Crippen LogP contribution >= 0.6 is 23.4 Å². The molecule has 6 heteroatoms. The van der Waals surface area contributed by atoms with Gasteiger partial charge in [-0.1, -0.05) is 29.4 Å². The normalized spacial score (nSPS) is 10.4. The van der Waals surface area contributed by atoms with Crippen LogP contribution in [0.15, 0.2) is 29.4 Å². The van der Waals surface area contributed by atoms with Crippen molar-refractivity contribution in [2.75, 3.05) is 12.0 Å². The van der Waals surface area contributed by atoms with Gasteiger partial charge in [0.05, 0.1) is 5.02 Å². The highest BCUT2D eigenvalue weighted by Gasteiger charge is 2.07. The van der Waals surface area contributed by atoms with Crippen molar-refractivity contribution in [3.8, 4) is 11.6 Å². The van der Waals surface area contributed by atoms with Gasteiger partial charge in [0.25, 0.3) is 0 Å². The summed E-state index contributed by atoms with van der Waals surface area (Å²) >= 11 is 7.49. The molecular formula is C12H12ClN3OS. The molecule has 1 aromatic carbocycles. The summed E-state index contributed by atoms with van der Waals surface area (Å²) in [6, 6.07) is 7.11. The number of ether oxygens (including phenoxy) is 1. The molecule has 0 bridgehead atoms. The average molecular weight is 282 g/mol. The zero-order valence-electron chi connectivity index (χ0n) is 9.98. The molecule has 0 radical (unpaired) electrons. The third kappa shape index (κ3) is 3.05.